The van der Waals surface area contributed by atoms with Crippen molar-refractivity contribution in [2.45, 2.75) is 106 Å². The number of carbonyl (C=O) groups excluding carboxylic acids is 1. The van der Waals surface area contributed by atoms with E-state index < -0.39 is 31.6 Å². The summed E-state index contributed by atoms with van der Waals surface area (Å²) in [4.78, 5) is 42.0. The van der Waals surface area contributed by atoms with Crippen molar-refractivity contribution < 1.29 is 22.9 Å². The number of hydrogen-bond donors (Lipinski definition) is 3. The van der Waals surface area contributed by atoms with Gasteiger partial charge < -0.3 is 19.9 Å². The second-order valence-electron chi connectivity index (χ2n) is 18.4. The third-order valence-electron chi connectivity index (χ3n) is 14.2. The molecule has 3 N–H and O–H groups in total. The quantitative estimate of drug-likeness (QED) is 0.0760. The number of pyridine rings is 2. The Balaban J connectivity index is 0.840. The van der Waals surface area contributed by atoms with E-state index in [0.717, 1.165) is 80.9 Å². The van der Waals surface area contributed by atoms with Crippen molar-refractivity contribution in [3.63, 3.8) is 0 Å². The minimum atomic E-state index is -4.63. The Morgan fingerprint density at radius 3 is 2.47 bits per heavy atom. The lowest BCUT2D eigenvalue weighted by atomic mass is 9.67. The van der Waals surface area contributed by atoms with Crippen molar-refractivity contribution in [3.05, 3.63) is 106 Å². The maximum atomic E-state index is 13.9. The molecule has 2 saturated heterocycles. The minimum Gasteiger partial charge on any atom is -0.455 e. The number of aromatic amines is 1. The molecule has 15 heteroatoms. The Morgan fingerprint density at radius 2 is 1.69 bits per heavy atom. The molecule has 62 heavy (non-hydrogen) atoms. The average molecular weight is 859 g/mol. The number of amides is 1. The second kappa shape index (κ2) is 16.6. The predicted molar refractivity (Wildman–Crippen MR) is 237 cm³/mol. The fourth-order valence-electron chi connectivity index (χ4n) is 10.8. The van der Waals surface area contributed by atoms with Crippen LogP contribution in [0.25, 0.3) is 11.0 Å². The van der Waals surface area contributed by atoms with E-state index in [1.54, 1.807) is 41.7 Å². The summed E-state index contributed by atoms with van der Waals surface area (Å²) in [5, 5.41) is 15.4. The van der Waals surface area contributed by atoms with Gasteiger partial charge in [-0.1, -0.05) is 43.5 Å². The number of nitro groups is 1. The molecule has 0 bridgehead atoms. The molecule has 1 spiro atoms. The van der Waals surface area contributed by atoms with E-state index in [0.29, 0.717) is 35.9 Å². The van der Waals surface area contributed by atoms with Gasteiger partial charge in [-0.05, 0) is 118 Å². The zero-order chi connectivity index (χ0) is 42.4. The number of likely N-dealkylation sites (tertiary alicyclic amines) is 1. The lowest BCUT2D eigenvalue weighted by Crippen LogP contribution is -2.59. The second-order valence-corrected chi connectivity index (χ2v) is 20.0. The third-order valence-corrected chi connectivity index (χ3v) is 15.5. The van der Waals surface area contributed by atoms with Gasteiger partial charge in [0.15, 0.2) is 5.03 Å². The Kier molecular flexibility index (Phi) is 10.9. The number of fused-ring (bicyclic) bond motifs is 1. The standard InChI is InChI=1S/C47H54N8O6S/c56-46(52-62(59,60)44-25-42(55(57)58)40(28-50-44)49-26-31-7-2-1-3-8-31)39-15-14-35(24-43(39)61-36-23-33-18-21-48-45(33)51-27-36)53-29-47(30-53)19-16-34(17-20-47)54-22-6-11-41(54)38-10-5-4-9-37(38)32-12-13-32/h4-5,9-10,14-15,18,21,23-25,27-28,31-32,34,41,49H,1-3,6-8,11-13,16-17,19-20,22,26,29-30H2,(H,48,51)(H,52,56). The van der Waals surface area contributed by atoms with Crippen molar-refractivity contribution in [2.75, 3.05) is 36.4 Å². The van der Waals surface area contributed by atoms with E-state index in [1.165, 1.54) is 51.5 Å². The molecule has 3 aliphatic carbocycles. The Labute approximate surface area is 362 Å². The number of ether oxygens (including phenoxy) is 1. The zero-order valence-corrected chi connectivity index (χ0v) is 35.7. The highest BCUT2D eigenvalue weighted by atomic mass is 32.2. The third kappa shape index (κ3) is 8.24. The van der Waals surface area contributed by atoms with Crippen LogP contribution >= 0.6 is 0 Å². The van der Waals surface area contributed by atoms with Gasteiger partial charge in [-0.25, -0.2) is 14.7 Å². The first-order chi connectivity index (χ1) is 30.1. The highest BCUT2D eigenvalue weighted by molar-refractivity contribution is 7.90. The summed E-state index contributed by atoms with van der Waals surface area (Å²) in [5.74, 6) is 0.702. The van der Waals surface area contributed by atoms with Gasteiger partial charge in [-0.3, -0.25) is 19.8 Å². The molecule has 2 aliphatic heterocycles. The van der Waals surface area contributed by atoms with Gasteiger partial charge in [0.05, 0.1) is 28.9 Å². The molecule has 3 saturated carbocycles. The zero-order valence-electron chi connectivity index (χ0n) is 34.9. The van der Waals surface area contributed by atoms with Crippen LogP contribution in [0.3, 0.4) is 0 Å². The number of benzene rings is 2. The predicted octanol–water partition coefficient (Wildman–Crippen LogP) is 9.23. The van der Waals surface area contributed by atoms with Gasteiger partial charge in [0, 0.05) is 60.5 Å². The molecule has 5 fully saturated rings. The monoisotopic (exact) mass is 858 g/mol. The van der Waals surface area contributed by atoms with Crippen molar-refractivity contribution in [2.24, 2.45) is 11.3 Å². The van der Waals surface area contributed by atoms with Crippen LogP contribution in [0.4, 0.5) is 17.1 Å². The molecule has 2 aromatic carbocycles. The van der Waals surface area contributed by atoms with Crippen LogP contribution in [0.5, 0.6) is 11.5 Å². The van der Waals surface area contributed by atoms with Crippen LogP contribution in [0.1, 0.15) is 117 Å². The molecule has 3 aromatic heterocycles. The van der Waals surface area contributed by atoms with Gasteiger partial charge in [0.2, 0.25) is 0 Å². The molecule has 10 rings (SSSR count). The van der Waals surface area contributed by atoms with E-state index in [4.69, 9.17) is 4.74 Å². The number of aromatic nitrogens is 3. The number of rotatable bonds is 13. The van der Waals surface area contributed by atoms with Gasteiger partial charge in [0.1, 0.15) is 22.8 Å². The Morgan fingerprint density at radius 1 is 0.903 bits per heavy atom. The van der Waals surface area contributed by atoms with E-state index in [2.05, 4.69) is 59.1 Å². The van der Waals surface area contributed by atoms with Crippen LogP contribution in [0, 0.1) is 21.4 Å². The van der Waals surface area contributed by atoms with Crippen LogP contribution in [-0.2, 0) is 10.0 Å². The van der Waals surface area contributed by atoms with E-state index in [1.807, 2.05) is 12.1 Å². The molecule has 1 atom stereocenters. The van der Waals surface area contributed by atoms with Gasteiger partial charge in [-0.2, -0.15) is 8.42 Å². The van der Waals surface area contributed by atoms with Crippen molar-refractivity contribution in [1.29, 1.82) is 0 Å². The first-order valence-corrected chi connectivity index (χ1v) is 23.9. The van der Waals surface area contributed by atoms with Crippen LogP contribution < -0.4 is 19.7 Å². The SMILES string of the molecule is O=C(NS(=O)(=O)c1cc([N+](=O)[O-])c(NCC2CCCCC2)cn1)c1ccc(N2CC3(CCC(N4CCCC4c4ccccc4C4CC4)CC3)C2)cc1Oc1cnc2[nH]ccc2c1. The largest absolute Gasteiger partial charge is 0.455 e. The lowest BCUT2D eigenvalue weighted by molar-refractivity contribution is -0.384. The fourth-order valence-corrected chi connectivity index (χ4v) is 11.7. The first kappa shape index (κ1) is 40.5. The molecule has 14 nitrogen and oxygen atoms in total. The molecular formula is C47H54N8O6S. The Hall–Kier alpha value is -5.54. The molecular weight excluding hydrogens is 805 g/mol. The molecule has 324 valence electrons. The van der Waals surface area contributed by atoms with E-state index >= 15 is 0 Å². The minimum absolute atomic E-state index is 0.0223. The van der Waals surface area contributed by atoms with Gasteiger partial charge in [-0.15, -0.1) is 0 Å². The van der Waals surface area contributed by atoms with Gasteiger partial charge >= 0.3 is 0 Å². The first-order valence-electron chi connectivity index (χ1n) is 22.4. The molecule has 0 radical (unpaired) electrons. The molecule has 1 unspecified atom stereocenters. The van der Waals surface area contributed by atoms with Crippen molar-refractivity contribution in [1.82, 2.24) is 24.6 Å². The van der Waals surface area contributed by atoms with Crippen LogP contribution in [0.2, 0.25) is 0 Å². The summed E-state index contributed by atoms with van der Waals surface area (Å²) in [6.07, 6.45) is 19.8. The maximum Gasteiger partial charge on any atom is 0.296 e. The fraction of sp³-hybridized carbons (Fsp3) is 0.468. The van der Waals surface area contributed by atoms with Crippen LogP contribution in [0.15, 0.2) is 84.3 Å². The number of H-pyrrole nitrogens is 1. The number of nitrogens with zero attached hydrogens (tertiary/aromatic N) is 5. The summed E-state index contributed by atoms with van der Waals surface area (Å²) in [6.45, 7) is 3.48. The average Bonchev–Trinajstić information content (AvgIpc) is 3.81. The highest BCUT2D eigenvalue weighted by Crippen LogP contribution is 2.51. The summed E-state index contributed by atoms with van der Waals surface area (Å²) in [5.41, 5.74) is 4.59. The number of sulfonamides is 1. The van der Waals surface area contributed by atoms with Gasteiger partial charge in [0.25, 0.3) is 21.6 Å². The number of carbonyl (C=O) groups is 1. The Bertz CT molecular complexity index is 2590. The molecule has 5 aromatic rings. The smallest absolute Gasteiger partial charge is 0.296 e. The van der Waals surface area contributed by atoms with Crippen LogP contribution in [-0.4, -0.2) is 71.3 Å². The molecule has 1 amide bonds. The summed E-state index contributed by atoms with van der Waals surface area (Å²) < 4.78 is 35.7. The summed E-state index contributed by atoms with van der Waals surface area (Å²) >= 11 is 0. The summed E-state index contributed by atoms with van der Waals surface area (Å²) in [6, 6.07) is 20.0. The number of hydrogen-bond acceptors (Lipinski definition) is 11. The lowest BCUT2D eigenvalue weighted by Gasteiger charge is -2.55. The highest BCUT2D eigenvalue weighted by Gasteiger charge is 2.47. The van der Waals surface area contributed by atoms with Crippen molar-refractivity contribution >= 4 is 44.0 Å². The van der Waals surface area contributed by atoms with E-state index in [9.17, 15) is 23.3 Å². The number of anilines is 2. The topological polar surface area (TPSA) is 176 Å². The normalized spacial score (nSPS) is 20.9. The molecule has 5 aliphatic rings. The number of nitrogens with one attached hydrogen (secondary N) is 3. The summed E-state index contributed by atoms with van der Waals surface area (Å²) in [7, 11) is -4.63. The maximum absolute atomic E-state index is 13.9. The van der Waals surface area contributed by atoms with E-state index in [-0.39, 0.29) is 22.4 Å². The molecule has 5 heterocycles. The van der Waals surface area contributed by atoms with Crippen molar-refractivity contribution in [3.8, 4) is 11.5 Å².